The molecule has 35 heavy (non-hydrogen) atoms. The van der Waals surface area contributed by atoms with Crippen LogP contribution in [0.15, 0.2) is 51.8 Å². The molecule has 1 aliphatic rings. The van der Waals surface area contributed by atoms with Gasteiger partial charge in [-0.15, -0.1) is 10.2 Å². The molecule has 0 unspecified atom stereocenters. The van der Waals surface area contributed by atoms with Crippen LogP contribution >= 0.6 is 0 Å². The van der Waals surface area contributed by atoms with Crippen molar-refractivity contribution >= 4 is 21.1 Å². The van der Waals surface area contributed by atoms with Gasteiger partial charge in [-0.3, -0.25) is 14.1 Å². The van der Waals surface area contributed by atoms with E-state index in [9.17, 15) is 22.0 Å². The van der Waals surface area contributed by atoms with Crippen molar-refractivity contribution in [3.63, 3.8) is 0 Å². The van der Waals surface area contributed by atoms with Gasteiger partial charge in [0.05, 0.1) is 35.1 Å². The first-order valence-electron chi connectivity index (χ1n) is 10.9. The van der Waals surface area contributed by atoms with Crippen molar-refractivity contribution in [1.82, 2.24) is 28.6 Å². The van der Waals surface area contributed by atoms with Crippen molar-refractivity contribution in [3.05, 3.63) is 64.7 Å². The maximum atomic E-state index is 13.5. The standard InChI is InChI=1S/C22H22F2N6O4S/c1-35(32,33)28-10-8-16(9-11-28)30-18-5-3-2-4-17(18)29(22(30)31)13-15-7-6-14(12-25-15)20-26-27-21(34-20)19(23)24/h2-7,12,16,19H,8-11,13H2,1H3. The number of aromatic nitrogens is 5. The maximum absolute atomic E-state index is 13.5. The zero-order valence-corrected chi connectivity index (χ0v) is 19.5. The lowest BCUT2D eigenvalue weighted by molar-refractivity contribution is 0.116. The second-order valence-corrected chi connectivity index (χ2v) is 10.4. The van der Waals surface area contributed by atoms with E-state index in [2.05, 4.69) is 15.2 Å². The van der Waals surface area contributed by atoms with Gasteiger partial charge in [-0.05, 0) is 37.1 Å². The van der Waals surface area contributed by atoms with E-state index >= 15 is 0 Å². The van der Waals surface area contributed by atoms with Gasteiger partial charge in [0.15, 0.2) is 0 Å². The topological polar surface area (TPSA) is 116 Å². The van der Waals surface area contributed by atoms with E-state index in [1.807, 2.05) is 24.3 Å². The number of nitrogens with zero attached hydrogens (tertiary/aromatic N) is 6. The molecule has 0 radical (unpaired) electrons. The molecule has 1 fully saturated rings. The number of fused-ring (bicyclic) bond motifs is 1. The monoisotopic (exact) mass is 504 g/mol. The van der Waals surface area contributed by atoms with Crippen LogP contribution in [0.5, 0.6) is 0 Å². The van der Waals surface area contributed by atoms with Gasteiger partial charge in [-0.2, -0.15) is 8.78 Å². The van der Waals surface area contributed by atoms with E-state index < -0.39 is 22.3 Å². The van der Waals surface area contributed by atoms with Crippen molar-refractivity contribution in [2.75, 3.05) is 19.3 Å². The summed E-state index contributed by atoms with van der Waals surface area (Å²) in [6, 6.07) is 10.6. The molecule has 4 aromatic rings. The van der Waals surface area contributed by atoms with Gasteiger partial charge in [0.1, 0.15) is 0 Å². The Labute approximate surface area is 198 Å². The van der Waals surface area contributed by atoms with E-state index in [1.165, 1.54) is 16.8 Å². The molecule has 0 bridgehead atoms. The zero-order chi connectivity index (χ0) is 24.7. The van der Waals surface area contributed by atoms with E-state index in [0.717, 1.165) is 11.0 Å². The highest BCUT2D eigenvalue weighted by molar-refractivity contribution is 7.88. The average molecular weight is 505 g/mol. The van der Waals surface area contributed by atoms with Crippen LogP contribution in [0.25, 0.3) is 22.5 Å². The molecule has 10 nitrogen and oxygen atoms in total. The molecule has 0 atom stereocenters. The minimum atomic E-state index is -3.27. The van der Waals surface area contributed by atoms with Crippen LogP contribution in [0.4, 0.5) is 8.78 Å². The van der Waals surface area contributed by atoms with Gasteiger partial charge in [0.25, 0.3) is 5.89 Å². The fourth-order valence-corrected chi connectivity index (χ4v) is 5.29. The average Bonchev–Trinajstić information content (AvgIpc) is 3.43. The summed E-state index contributed by atoms with van der Waals surface area (Å²) in [6.07, 6.45) is 0.854. The number of imidazole rings is 1. The Hall–Kier alpha value is -3.45. The summed E-state index contributed by atoms with van der Waals surface area (Å²) in [6.45, 7) is 0.920. The van der Waals surface area contributed by atoms with Crippen LogP contribution in [0.1, 0.15) is 36.9 Å². The number of rotatable bonds is 6. The summed E-state index contributed by atoms with van der Waals surface area (Å²) >= 11 is 0. The van der Waals surface area contributed by atoms with Gasteiger partial charge in [-0.25, -0.2) is 17.5 Å². The molecule has 5 rings (SSSR count). The quantitative estimate of drug-likeness (QED) is 0.396. The maximum Gasteiger partial charge on any atom is 0.329 e. The SMILES string of the molecule is CS(=O)(=O)N1CCC(n2c(=O)n(Cc3ccc(-c4nnc(C(F)F)o4)cn3)c3ccccc32)CC1. The van der Waals surface area contributed by atoms with Crippen LogP contribution in [0.3, 0.4) is 0 Å². The molecule has 0 aliphatic carbocycles. The third-order valence-corrected chi connectivity index (χ3v) is 7.45. The van der Waals surface area contributed by atoms with Crippen molar-refractivity contribution in [1.29, 1.82) is 0 Å². The van der Waals surface area contributed by atoms with Crippen molar-refractivity contribution in [2.24, 2.45) is 0 Å². The van der Waals surface area contributed by atoms with Crippen molar-refractivity contribution in [3.8, 4) is 11.5 Å². The molecule has 1 aromatic carbocycles. The molecule has 0 amide bonds. The number of piperidine rings is 1. The molecule has 184 valence electrons. The first-order valence-corrected chi connectivity index (χ1v) is 12.8. The van der Waals surface area contributed by atoms with Crippen LogP contribution in [0, 0.1) is 0 Å². The summed E-state index contributed by atoms with van der Waals surface area (Å²) in [5, 5.41) is 6.93. The number of halogens is 2. The number of pyridine rings is 1. The Bertz CT molecular complexity index is 1520. The van der Waals surface area contributed by atoms with Gasteiger partial charge in [0.2, 0.25) is 15.9 Å². The third kappa shape index (κ3) is 4.48. The Balaban J connectivity index is 1.42. The van der Waals surface area contributed by atoms with E-state index in [4.69, 9.17) is 4.42 Å². The number of alkyl halides is 2. The Morgan fingerprint density at radius 2 is 1.80 bits per heavy atom. The lowest BCUT2D eigenvalue weighted by Crippen LogP contribution is -2.40. The second-order valence-electron chi connectivity index (χ2n) is 8.41. The zero-order valence-electron chi connectivity index (χ0n) is 18.7. The molecular formula is C22H22F2N6O4S. The summed E-state index contributed by atoms with van der Waals surface area (Å²) < 4.78 is 58.9. The second kappa shape index (κ2) is 8.96. The molecule has 4 heterocycles. The lowest BCUT2D eigenvalue weighted by Gasteiger charge is -2.30. The van der Waals surface area contributed by atoms with Crippen LogP contribution in [-0.2, 0) is 16.6 Å². The van der Waals surface area contributed by atoms with E-state index in [1.54, 1.807) is 21.3 Å². The van der Waals surface area contributed by atoms with Gasteiger partial charge in [0, 0.05) is 25.3 Å². The van der Waals surface area contributed by atoms with Crippen LogP contribution < -0.4 is 5.69 Å². The molecule has 0 spiro atoms. The first kappa shape index (κ1) is 23.3. The molecule has 0 N–H and O–H groups in total. The highest BCUT2D eigenvalue weighted by atomic mass is 32.2. The third-order valence-electron chi connectivity index (χ3n) is 6.15. The number of para-hydroxylation sites is 2. The van der Waals surface area contributed by atoms with Crippen molar-refractivity contribution in [2.45, 2.75) is 31.9 Å². The smallest absolute Gasteiger partial charge is 0.329 e. The normalized spacial score (nSPS) is 15.9. The van der Waals surface area contributed by atoms with Gasteiger partial charge >= 0.3 is 12.1 Å². The number of hydrogen-bond donors (Lipinski definition) is 0. The molecular weight excluding hydrogens is 482 g/mol. The lowest BCUT2D eigenvalue weighted by atomic mass is 10.1. The molecule has 13 heteroatoms. The minimum absolute atomic E-state index is 0.0615. The molecule has 1 aliphatic heterocycles. The molecule has 3 aromatic heterocycles. The summed E-state index contributed by atoms with van der Waals surface area (Å²) in [5.41, 5.74) is 2.29. The fourth-order valence-electron chi connectivity index (χ4n) is 4.42. The Morgan fingerprint density at radius 1 is 1.09 bits per heavy atom. The van der Waals surface area contributed by atoms with Crippen LogP contribution in [0.2, 0.25) is 0 Å². The number of hydrogen-bond acceptors (Lipinski definition) is 7. The predicted octanol–water partition coefficient (Wildman–Crippen LogP) is 2.83. The molecule has 0 saturated carbocycles. The Morgan fingerprint density at radius 3 is 2.40 bits per heavy atom. The van der Waals surface area contributed by atoms with E-state index in [0.29, 0.717) is 37.2 Å². The first-order chi connectivity index (χ1) is 16.7. The van der Waals surface area contributed by atoms with Crippen LogP contribution in [-0.4, -0.2) is 56.4 Å². The summed E-state index contributed by atoms with van der Waals surface area (Å²) in [4.78, 5) is 17.8. The summed E-state index contributed by atoms with van der Waals surface area (Å²) in [7, 11) is -3.27. The number of sulfonamides is 1. The van der Waals surface area contributed by atoms with Gasteiger partial charge in [-0.1, -0.05) is 12.1 Å². The minimum Gasteiger partial charge on any atom is -0.415 e. The van der Waals surface area contributed by atoms with Gasteiger partial charge < -0.3 is 4.42 Å². The number of benzene rings is 1. The predicted molar refractivity (Wildman–Crippen MR) is 122 cm³/mol. The van der Waals surface area contributed by atoms with E-state index in [-0.39, 0.29) is 24.2 Å². The largest absolute Gasteiger partial charge is 0.415 e. The fraction of sp³-hybridized carbons (Fsp3) is 0.364. The highest BCUT2D eigenvalue weighted by Crippen LogP contribution is 2.27. The summed E-state index contributed by atoms with van der Waals surface area (Å²) in [5.74, 6) is -0.820. The Kier molecular flexibility index (Phi) is 5.97. The highest BCUT2D eigenvalue weighted by Gasteiger charge is 2.28. The van der Waals surface area contributed by atoms with Crippen molar-refractivity contribution < 1.29 is 21.6 Å². The molecule has 1 saturated heterocycles.